The Bertz CT molecular complexity index is 250. The zero-order valence-corrected chi connectivity index (χ0v) is 8.19. The summed E-state index contributed by atoms with van der Waals surface area (Å²) in [7, 11) is 0. The SMILES string of the molecule is OCc1ccc(CBr)c(Cl)c1. The molecule has 0 radical (unpaired) electrons. The van der Waals surface area contributed by atoms with Crippen molar-refractivity contribution in [2.45, 2.75) is 11.9 Å². The Labute approximate surface area is 79.1 Å². The first-order chi connectivity index (χ1) is 5.27. The highest BCUT2D eigenvalue weighted by Gasteiger charge is 1.98. The summed E-state index contributed by atoms with van der Waals surface area (Å²) in [5, 5.41) is 10.2. The number of rotatable bonds is 2. The van der Waals surface area contributed by atoms with Crippen molar-refractivity contribution in [1.82, 2.24) is 0 Å². The van der Waals surface area contributed by atoms with Crippen LogP contribution in [-0.4, -0.2) is 5.11 Å². The fraction of sp³-hybridized carbons (Fsp3) is 0.250. The molecule has 0 heterocycles. The lowest BCUT2D eigenvalue weighted by Gasteiger charge is -2.01. The van der Waals surface area contributed by atoms with Crippen molar-refractivity contribution in [3.63, 3.8) is 0 Å². The van der Waals surface area contributed by atoms with E-state index in [-0.39, 0.29) is 6.61 Å². The monoisotopic (exact) mass is 234 g/mol. The zero-order chi connectivity index (χ0) is 8.27. The van der Waals surface area contributed by atoms with Gasteiger partial charge in [0, 0.05) is 10.4 Å². The van der Waals surface area contributed by atoms with E-state index < -0.39 is 0 Å². The van der Waals surface area contributed by atoms with Gasteiger partial charge in [0.25, 0.3) is 0 Å². The van der Waals surface area contributed by atoms with E-state index in [4.69, 9.17) is 16.7 Å². The van der Waals surface area contributed by atoms with Gasteiger partial charge in [-0.05, 0) is 17.2 Å². The van der Waals surface area contributed by atoms with Gasteiger partial charge < -0.3 is 5.11 Å². The number of benzene rings is 1. The van der Waals surface area contributed by atoms with Crippen LogP contribution in [0.4, 0.5) is 0 Å². The van der Waals surface area contributed by atoms with Crippen molar-refractivity contribution < 1.29 is 5.11 Å². The Morgan fingerprint density at radius 1 is 1.45 bits per heavy atom. The quantitative estimate of drug-likeness (QED) is 0.782. The van der Waals surface area contributed by atoms with Crippen molar-refractivity contribution >= 4 is 27.5 Å². The van der Waals surface area contributed by atoms with Crippen LogP contribution < -0.4 is 0 Å². The Hall–Kier alpha value is -0.0500. The van der Waals surface area contributed by atoms with E-state index in [2.05, 4.69) is 15.9 Å². The van der Waals surface area contributed by atoms with Gasteiger partial charge in [-0.3, -0.25) is 0 Å². The Balaban J connectivity index is 2.99. The molecule has 0 unspecified atom stereocenters. The van der Waals surface area contributed by atoms with Crippen LogP contribution in [0.25, 0.3) is 0 Å². The van der Waals surface area contributed by atoms with E-state index in [0.717, 1.165) is 16.5 Å². The first-order valence-electron chi connectivity index (χ1n) is 3.22. The van der Waals surface area contributed by atoms with Crippen molar-refractivity contribution in [3.05, 3.63) is 34.3 Å². The van der Waals surface area contributed by atoms with E-state index in [1.165, 1.54) is 0 Å². The van der Waals surface area contributed by atoms with Crippen LogP contribution in [0.15, 0.2) is 18.2 Å². The van der Waals surface area contributed by atoms with Crippen molar-refractivity contribution in [2.75, 3.05) is 0 Å². The van der Waals surface area contributed by atoms with E-state index in [0.29, 0.717) is 5.02 Å². The highest BCUT2D eigenvalue weighted by atomic mass is 79.9. The summed E-state index contributed by atoms with van der Waals surface area (Å²) in [5.74, 6) is 0. The molecule has 0 amide bonds. The van der Waals surface area contributed by atoms with Crippen LogP contribution in [0.3, 0.4) is 0 Å². The highest BCUT2D eigenvalue weighted by molar-refractivity contribution is 9.08. The van der Waals surface area contributed by atoms with Gasteiger partial charge >= 0.3 is 0 Å². The number of aliphatic hydroxyl groups is 1. The van der Waals surface area contributed by atoms with Crippen LogP contribution in [0.1, 0.15) is 11.1 Å². The lowest BCUT2D eigenvalue weighted by Crippen LogP contribution is -1.85. The Morgan fingerprint density at radius 3 is 2.64 bits per heavy atom. The normalized spacial score (nSPS) is 10.1. The topological polar surface area (TPSA) is 20.2 Å². The van der Waals surface area contributed by atoms with Crippen molar-refractivity contribution in [2.24, 2.45) is 0 Å². The molecule has 0 atom stereocenters. The molecule has 0 bridgehead atoms. The van der Waals surface area contributed by atoms with Crippen molar-refractivity contribution in [1.29, 1.82) is 0 Å². The van der Waals surface area contributed by atoms with Gasteiger partial charge in [-0.15, -0.1) is 0 Å². The summed E-state index contributed by atoms with van der Waals surface area (Å²) in [4.78, 5) is 0. The second-order valence-electron chi connectivity index (χ2n) is 2.22. The van der Waals surface area contributed by atoms with Gasteiger partial charge in [0.2, 0.25) is 0 Å². The molecular weight excluding hydrogens is 227 g/mol. The average molecular weight is 236 g/mol. The number of hydrogen-bond donors (Lipinski definition) is 1. The summed E-state index contributed by atoms with van der Waals surface area (Å²) in [6.45, 7) is 0.0439. The molecule has 1 nitrogen and oxygen atoms in total. The summed E-state index contributed by atoms with van der Waals surface area (Å²) >= 11 is 9.18. The Kier molecular flexibility index (Phi) is 3.37. The van der Waals surface area contributed by atoms with Gasteiger partial charge in [0.15, 0.2) is 0 Å². The molecule has 0 spiro atoms. The predicted octanol–water partition coefficient (Wildman–Crippen LogP) is 2.73. The van der Waals surface area contributed by atoms with Crippen LogP contribution in [0.5, 0.6) is 0 Å². The minimum absolute atomic E-state index is 0.0439. The molecule has 11 heavy (non-hydrogen) atoms. The molecule has 0 aliphatic heterocycles. The second-order valence-corrected chi connectivity index (χ2v) is 3.19. The summed E-state index contributed by atoms with van der Waals surface area (Å²) in [6, 6.07) is 5.54. The molecule has 3 heteroatoms. The number of aliphatic hydroxyl groups excluding tert-OH is 1. The van der Waals surface area contributed by atoms with Gasteiger partial charge in [-0.25, -0.2) is 0 Å². The lowest BCUT2D eigenvalue weighted by molar-refractivity contribution is 0.282. The lowest BCUT2D eigenvalue weighted by atomic mass is 10.2. The van der Waals surface area contributed by atoms with E-state index >= 15 is 0 Å². The maximum absolute atomic E-state index is 8.76. The minimum Gasteiger partial charge on any atom is -0.392 e. The molecule has 0 aliphatic rings. The molecule has 60 valence electrons. The summed E-state index contributed by atoms with van der Waals surface area (Å²) in [5.41, 5.74) is 1.89. The molecule has 1 rings (SSSR count). The molecule has 0 aromatic heterocycles. The van der Waals surface area contributed by atoms with Gasteiger partial charge in [0.1, 0.15) is 0 Å². The highest BCUT2D eigenvalue weighted by Crippen LogP contribution is 2.19. The maximum Gasteiger partial charge on any atom is 0.0682 e. The Morgan fingerprint density at radius 2 is 2.18 bits per heavy atom. The van der Waals surface area contributed by atoms with E-state index in [1.807, 2.05) is 12.1 Å². The van der Waals surface area contributed by atoms with Gasteiger partial charge in [-0.2, -0.15) is 0 Å². The van der Waals surface area contributed by atoms with Crippen LogP contribution in [0.2, 0.25) is 5.02 Å². The smallest absolute Gasteiger partial charge is 0.0682 e. The number of hydrogen-bond acceptors (Lipinski definition) is 1. The number of alkyl halides is 1. The molecule has 0 saturated carbocycles. The van der Waals surface area contributed by atoms with Crippen molar-refractivity contribution in [3.8, 4) is 0 Å². The van der Waals surface area contributed by atoms with E-state index in [1.54, 1.807) is 6.07 Å². The summed E-state index contributed by atoms with van der Waals surface area (Å²) < 4.78 is 0. The van der Waals surface area contributed by atoms with Crippen LogP contribution >= 0.6 is 27.5 Å². The fourth-order valence-electron chi connectivity index (χ4n) is 0.798. The first kappa shape index (κ1) is 9.04. The van der Waals surface area contributed by atoms with Gasteiger partial charge in [0.05, 0.1) is 6.61 Å². The second kappa shape index (κ2) is 4.10. The molecule has 1 N–H and O–H groups in total. The largest absolute Gasteiger partial charge is 0.392 e. The predicted molar refractivity (Wildman–Crippen MR) is 50.0 cm³/mol. The van der Waals surface area contributed by atoms with Crippen LogP contribution in [-0.2, 0) is 11.9 Å². The molecule has 0 saturated heterocycles. The third-order valence-electron chi connectivity index (χ3n) is 1.44. The van der Waals surface area contributed by atoms with E-state index in [9.17, 15) is 0 Å². The standard InChI is InChI=1S/C8H8BrClO/c9-4-7-2-1-6(5-11)3-8(7)10/h1-3,11H,4-5H2. The molecule has 1 aromatic carbocycles. The molecule has 0 fully saturated rings. The molecular formula is C8H8BrClO. The zero-order valence-electron chi connectivity index (χ0n) is 5.85. The van der Waals surface area contributed by atoms with Gasteiger partial charge in [-0.1, -0.05) is 39.7 Å². The van der Waals surface area contributed by atoms with Crippen LogP contribution in [0, 0.1) is 0 Å². The molecule has 1 aromatic rings. The fourth-order valence-corrected chi connectivity index (χ4v) is 1.72. The third-order valence-corrected chi connectivity index (χ3v) is 2.40. The molecule has 0 aliphatic carbocycles. The number of halogens is 2. The first-order valence-corrected chi connectivity index (χ1v) is 4.72. The maximum atomic E-state index is 8.76. The third kappa shape index (κ3) is 2.19. The minimum atomic E-state index is 0.0439. The summed E-state index contributed by atoms with van der Waals surface area (Å²) in [6.07, 6.45) is 0. The average Bonchev–Trinajstić information content (AvgIpc) is 2.04.